The summed E-state index contributed by atoms with van der Waals surface area (Å²) in [4.78, 5) is 4.75. The van der Waals surface area contributed by atoms with Crippen molar-refractivity contribution in [3.63, 3.8) is 0 Å². The number of aryl methyl sites for hydroxylation is 3. The maximum atomic E-state index is 5.98. The van der Waals surface area contributed by atoms with Crippen LogP contribution in [0.5, 0.6) is 0 Å². The van der Waals surface area contributed by atoms with Crippen LogP contribution < -0.4 is 5.32 Å². The van der Waals surface area contributed by atoms with Gasteiger partial charge in [0, 0.05) is 28.0 Å². The third kappa shape index (κ3) is 3.04. The molecule has 130 valence electrons. The minimum absolute atomic E-state index is 0.711. The first-order chi connectivity index (χ1) is 12.5. The smallest absolute Gasteiger partial charge is 0.165 e. The fraction of sp³-hybridized carbons (Fsp3) is 0.143. The number of rotatable bonds is 3. The van der Waals surface area contributed by atoms with Gasteiger partial charge < -0.3 is 5.32 Å². The molecule has 0 saturated carbocycles. The molecule has 0 aliphatic rings. The quantitative estimate of drug-likeness (QED) is 0.507. The molecule has 0 saturated heterocycles. The molecule has 0 aliphatic heterocycles. The number of anilines is 2. The number of aromatic nitrogens is 3. The first kappa shape index (κ1) is 16.6. The maximum Gasteiger partial charge on any atom is 0.165 e. The van der Waals surface area contributed by atoms with Gasteiger partial charge in [0.05, 0.1) is 5.69 Å². The molecule has 5 heteroatoms. The van der Waals surface area contributed by atoms with E-state index in [0.29, 0.717) is 5.02 Å². The van der Waals surface area contributed by atoms with Gasteiger partial charge in [0.25, 0.3) is 0 Å². The van der Waals surface area contributed by atoms with E-state index in [4.69, 9.17) is 21.7 Å². The Hall–Kier alpha value is -2.85. The van der Waals surface area contributed by atoms with E-state index in [1.165, 1.54) is 5.56 Å². The number of nitrogens with zero attached hydrogens (tertiary/aromatic N) is 3. The lowest BCUT2D eigenvalue weighted by atomic mass is 10.0. The number of hydrogen-bond acceptors (Lipinski definition) is 3. The Morgan fingerprint density at radius 1 is 0.923 bits per heavy atom. The Labute approximate surface area is 157 Å². The molecule has 2 aromatic heterocycles. The highest BCUT2D eigenvalue weighted by atomic mass is 35.5. The van der Waals surface area contributed by atoms with Crippen LogP contribution in [0.1, 0.15) is 17.0 Å². The van der Waals surface area contributed by atoms with Gasteiger partial charge in [0.15, 0.2) is 5.65 Å². The monoisotopic (exact) mass is 362 g/mol. The molecule has 4 nitrogen and oxygen atoms in total. The van der Waals surface area contributed by atoms with E-state index in [-0.39, 0.29) is 0 Å². The van der Waals surface area contributed by atoms with Crippen molar-refractivity contribution in [3.8, 4) is 11.1 Å². The van der Waals surface area contributed by atoms with Gasteiger partial charge in [-0.3, -0.25) is 0 Å². The molecule has 4 rings (SSSR count). The Morgan fingerprint density at radius 3 is 2.31 bits per heavy atom. The fourth-order valence-electron chi connectivity index (χ4n) is 3.07. The van der Waals surface area contributed by atoms with E-state index < -0.39 is 0 Å². The summed E-state index contributed by atoms with van der Waals surface area (Å²) >= 11 is 5.98. The summed E-state index contributed by atoms with van der Waals surface area (Å²) in [6.07, 6.45) is 0. The van der Waals surface area contributed by atoms with Gasteiger partial charge in [-0.05, 0) is 50.6 Å². The molecule has 2 aromatic carbocycles. The molecule has 0 bridgehead atoms. The average molecular weight is 363 g/mol. The molecule has 26 heavy (non-hydrogen) atoms. The van der Waals surface area contributed by atoms with Crippen LogP contribution in [0.4, 0.5) is 11.5 Å². The van der Waals surface area contributed by atoms with E-state index >= 15 is 0 Å². The van der Waals surface area contributed by atoms with Gasteiger partial charge >= 0.3 is 0 Å². The van der Waals surface area contributed by atoms with E-state index in [0.717, 1.165) is 39.7 Å². The van der Waals surface area contributed by atoms with Crippen molar-refractivity contribution in [3.05, 3.63) is 76.6 Å². The third-order valence-electron chi connectivity index (χ3n) is 4.35. The van der Waals surface area contributed by atoms with E-state index in [2.05, 4.69) is 36.5 Å². The van der Waals surface area contributed by atoms with Crippen molar-refractivity contribution < 1.29 is 0 Å². The summed E-state index contributed by atoms with van der Waals surface area (Å²) in [5.74, 6) is 0.872. The summed E-state index contributed by atoms with van der Waals surface area (Å²) in [6, 6.07) is 18.1. The second kappa shape index (κ2) is 6.46. The first-order valence-electron chi connectivity index (χ1n) is 8.48. The molecule has 0 radical (unpaired) electrons. The van der Waals surface area contributed by atoms with Crippen molar-refractivity contribution in [2.75, 3.05) is 5.32 Å². The van der Waals surface area contributed by atoms with Crippen molar-refractivity contribution in [1.82, 2.24) is 14.6 Å². The highest BCUT2D eigenvalue weighted by molar-refractivity contribution is 6.30. The number of nitrogens with one attached hydrogen (secondary N) is 1. The van der Waals surface area contributed by atoms with Crippen molar-refractivity contribution in [1.29, 1.82) is 0 Å². The Morgan fingerprint density at radius 2 is 1.62 bits per heavy atom. The third-order valence-corrected chi connectivity index (χ3v) is 4.60. The second-order valence-corrected chi connectivity index (χ2v) is 6.91. The molecule has 0 atom stereocenters. The van der Waals surface area contributed by atoms with Crippen LogP contribution in [-0.4, -0.2) is 14.6 Å². The number of halogens is 1. The maximum absolute atomic E-state index is 5.98. The van der Waals surface area contributed by atoms with Gasteiger partial charge in [0.1, 0.15) is 5.82 Å². The standard InChI is InChI=1S/C21H19ClN4/c1-13-4-6-16(7-5-13)20-15(3)25-26-19(12-14(2)23-21(20)26)24-18-10-8-17(22)9-11-18/h4-12,24H,1-3H3. The van der Waals surface area contributed by atoms with Gasteiger partial charge in [-0.15, -0.1) is 0 Å². The van der Waals surface area contributed by atoms with Gasteiger partial charge in [-0.25, -0.2) is 4.98 Å². The molecule has 0 fully saturated rings. The van der Waals surface area contributed by atoms with Crippen molar-refractivity contribution in [2.24, 2.45) is 0 Å². The van der Waals surface area contributed by atoms with Crippen molar-refractivity contribution >= 4 is 28.8 Å². The summed E-state index contributed by atoms with van der Waals surface area (Å²) in [5.41, 5.74) is 7.10. The zero-order chi connectivity index (χ0) is 18.3. The summed E-state index contributed by atoms with van der Waals surface area (Å²) in [7, 11) is 0. The Bertz CT molecular complexity index is 1080. The topological polar surface area (TPSA) is 42.2 Å². The highest BCUT2D eigenvalue weighted by Crippen LogP contribution is 2.30. The molecule has 2 heterocycles. The largest absolute Gasteiger partial charge is 0.340 e. The van der Waals surface area contributed by atoms with E-state index in [9.17, 15) is 0 Å². The van der Waals surface area contributed by atoms with Crippen LogP contribution in [0.3, 0.4) is 0 Å². The summed E-state index contributed by atoms with van der Waals surface area (Å²) in [5, 5.41) is 8.86. The molecule has 0 amide bonds. The van der Waals surface area contributed by atoms with Gasteiger partial charge in [-0.2, -0.15) is 9.61 Å². The van der Waals surface area contributed by atoms with E-state index in [1.807, 2.05) is 48.7 Å². The van der Waals surface area contributed by atoms with Crippen molar-refractivity contribution in [2.45, 2.75) is 20.8 Å². The predicted octanol–water partition coefficient (Wildman–Crippen LogP) is 5.72. The molecule has 0 spiro atoms. The lowest BCUT2D eigenvalue weighted by Gasteiger charge is -2.10. The zero-order valence-corrected chi connectivity index (χ0v) is 15.7. The molecule has 1 N–H and O–H groups in total. The average Bonchev–Trinajstić information content (AvgIpc) is 2.94. The van der Waals surface area contributed by atoms with Crippen LogP contribution in [0.25, 0.3) is 16.8 Å². The van der Waals surface area contributed by atoms with Crippen LogP contribution in [-0.2, 0) is 0 Å². The molecule has 0 aliphatic carbocycles. The van der Waals surface area contributed by atoms with Crippen LogP contribution in [0.2, 0.25) is 5.02 Å². The molecule has 4 aromatic rings. The fourth-order valence-corrected chi connectivity index (χ4v) is 3.20. The Kier molecular flexibility index (Phi) is 4.13. The van der Waals surface area contributed by atoms with Crippen LogP contribution >= 0.6 is 11.6 Å². The lowest BCUT2D eigenvalue weighted by molar-refractivity contribution is 0.917. The van der Waals surface area contributed by atoms with Gasteiger partial charge in [0.2, 0.25) is 0 Å². The first-order valence-corrected chi connectivity index (χ1v) is 8.86. The van der Waals surface area contributed by atoms with Crippen LogP contribution in [0.15, 0.2) is 54.6 Å². The number of benzene rings is 2. The Balaban J connectivity index is 1.86. The SMILES string of the molecule is Cc1ccc(-c2c(C)nn3c(Nc4ccc(Cl)cc4)cc(C)nc23)cc1. The zero-order valence-electron chi connectivity index (χ0n) is 14.9. The number of fused-ring (bicyclic) bond motifs is 1. The minimum Gasteiger partial charge on any atom is -0.340 e. The lowest BCUT2D eigenvalue weighted by Crippen LogP contribution is -2.02. The molecular weight excluding hydrogens is 344 g/mol. The highest BCUT2D eigenvalue weighted by Gasteiger charge is 2.16. The second-order valence-electron chi connectivity index (χ2n) is 6.48. The minimum atomic E-state index is 0.711. The predicted molar refractivity (Wildman–Crippen MR) is 107 cm³/mol. The normalized spacial score (nSPS) is 11.1. The van der Waals surface area contributed by atoms with Crippen LogP contribution in [0, 0.1) is 20.8 Å². The number of hydrogen-bond donors (Lipinski definition) is 1. The summed E-state index contributed by atoms with van der Waals surface area (Å²) in [6.45, 7) is 6.10. The summed E-state index contributed by atoms with van der Waals surface area (Å²) < 4.78 is 1.87. The molecule has 0 unspecified atom stereocenters. The van der Waals surface area contributed by atoms with E-state index in [1.54, 1.807) is 0 Å². The molecular formula is C21H19ClN4. The van der Waals surface area contributed by atoms with Gasteiger partial charge in [-0.1, -0.05) is 41.4 Å².